The minimum atomic E-state index is -0.902. The van der Waals surface area contributed by atoms with Crippen LogP contribution in [0.15, 0.2) is 35.3 Å². The number of carbonyl (C=O) groups is 2. The number of hydrogen-bond acceptors (Lipinski definition) is 5. The highest BCUT2D eigenvalue weighted by Crippen LogP contribution is 2.65. The zero-order chi connectivity index (χ0) is 23.4. The Morgan fingerprint density at radius 3 is 2.36 bits per heavy atom. The van der Waals surface area contributed by atoms with Gasteiger partial charge in [-0.15, -0.1) is 0 Å². The number of aromatic nitrogens is 2. The number of anilines is 2. The number of carboxylic acids is 2. The second kappa shape index (κ2) is 7.87. The zero-order valence-electron chi connectivity index (χ0n) is 18.1. The van der Waals surface area contributed by atoms with Crippen molar-refractivity contribution in [3.05, 3.63) is 51.4 Å². The topological polar surface area (TPSA) is 122 Å². The molecule has 1 aromatic carbocycles. The summed E-state index contributed by atoms with van der Waals surface area (Å²) in [7, 11) is 0. The van der Waals surface area contributed by atoms with Gasteiger partial charge in [-0.25, -0.2) is 4.68 Å². The molecule has 2 atom stereocenters. The van der Waals surface area contributed by atoms with E-state index >= 15 is 0 Å². The summed E-state index contributed by atoms with van der Waals surface area (Å²) in [5.41, 5.74) is 0.616. The summed E-state index contributed by atoms with van der Waals surface area (Å²) in [4.78, 5) is 35.8. The lowest BCUT2D eigenvalue weighted by Crippen LogP contribution is -2.59. The van der Waals surface area contributed by atoms with E-state index in [9.17, 15) is 19.5 Å². The second-order valence-electron chi connectivity index (χ2n) is 10.2. The van der Waals surface area contributed by atoms with Crippen molar-refractivity contribution in [3.63, 3.8) is 0 Å². The Kier molecular flexibility index (Phi) is 5.23. The van der Waals surface area contributed by atoms with Crippen molar-refractivity contribution in [2.45, 2.75) is 56.9 Å². The maximum atomic E-state index is 13.3. The average Bonchev–Trinajstić information content (AvgIpc) is 2.70. The van der Waals surface area contributed by atoms with E-state index in [2.05, 4.69) is 10.4 Å². The maximum absolute atomic E-state index is 13.3. The summed E-state index contributed by atoms with van der Waals surface area (Å²) in [6.45, 7) is 0. The Balaban J connectivity index is 1.43. The predicted molar refractivity (Wildman–Crippen MR) is 122 cm³/mol. The maximum Gasteiger partial charge on any atom is 0.307 e. The molecule has 33 heavy (non-hydrogen) atoms. The normalized spacial score (nSPS) is 29.7. The van der Waals surface area contributed by atoms with Gasteiger partial charge in [0.15, 0.2) is 0 Å². The van der Waals surface area contributed by atoms with E-state index in [4.69, 9.17) is 16.7 Å². The van der Waals surface area contributed by atoms with Crippen LogP contribution in [0.3, 0.4) is 0 Å². The molecule has 174 valence electrons. The van der Waals surface area contributed by atoms with Crippen LogP contribution in [0.5, 0.6) is 0 Å². The molecule has 4 saturated carbocycles. The highest BCUT2D eigenvalue weighted by molar-refractivity contribution is 6.33. The molecule has 2 aromatic rings. The van der Waals surface area contributed by atoms with E-state index in [1.54, 1.807) is 30.5 Å². The third kappa shape index (κ3) is 4.01. The molecule has 8 nitrogen and oxygen atoms in total. The van der Waals surface area contributed by atoms with Crippen LogP contribution in [0.25, 0.3) is 0 Å². The molecule has 0 amide bonds. The van der Waals surface area contributed by atoms with Crippen LogP contribution in [0.1, 0.15) is 50.5 Å². The van der Waals surface area contributed by atoms with Gasteiger partial charge < -0.3 is 15.5 Å². The molecule has 3 N–H and O–H groups in total. The van der Waals surface area contributed by atoms with Crippen LogP contribution < -0.4 is 10.9 Å². The van der Waals surface area contributed by atoms with Crippen LogP contribution in [0.2, 0.25) is 5.02 Å². The molecule has 9 heteroatoms. The fraction of sp³-hybridized carbons (Fsp3) is 0.500. The Hall–Kier alpha value is -2.87. The van der Waals surface area contributed by atoms with Crippen LogP contribution in [-0.4, -0.2) is 31.9 Å². The Bertz CT molecular complexity index is 1160. The third-order valence-electron chi connectivity index (χ3n) is 7.63. The molecule has 4 fully saturated rings. The quantitative estimate of drug-likeness (QED) is 0.557. The SMILES string of the molecule is O=C(O)Cc1ccc(Nc2cnn(C34C[C@H]5C[C@@H](CC(CC(=O)O)(C5)C3)C4)c(=O)c2Cl)cc1. The largest absolute Gasteiger partial charge is 0.481 e. The van der Waals surface area contributed by atoms with Gasteiger partial charge >= 0.3 is 11.9 Å². The molecule has 4 aliphatic rings. The van der Waals surface area contributed by atoms with Crippen molar-refractivity contribution >= 4 is 34.9 Å². The van der Waals surface area contributed by atoms with Gasteiger partial charge in [0.25, 0.3) is 5.56 Å². The number of carboxylic acid groups (broad SMARTS) is 2. The van der Waals surface area contributed by atoms with Crippen molar-refractivity contribution in [2.24, 2.45) is 17.3 Å². The summed E-state index contributed by atoms with van der Waals surface area (Å²) < 4.78 is 1.53. The lowest BCUT2D eigenvalue weighted by atomic mass is 9.46. The number of aliphatic carboxylic acids is 2. The third-order valence-corrected chi connectivity index (χ3v) is 8.00. The smallest absolute Gasteiger partial charge is 0.307 e. The second-order valence-corrected chi connectivity index (χ2v) is 10.6. The molecule has 0 aliphatic heterocycles. The van der Waals surface area contributed by atoms with Crippen molar-refractivity contribution in [1.29, 1.82) is 0 Å². The summed E-state index contributed by atoms with van der Waals surface area (Å²) >= 11 is 6.50. The fourth-order valence-corrected chi connectivity index (χ4v) is 7.25. The first kappa shape index (κ1) is 21.9. The van der Waals surface area contributed by atoms with Gasteiger partial charge in [0.2, 0.25) is 0 Å². The molecular formula is C24H26ClN3O5. The Morgan fingerprint density at radius 1 is 1.09 bits per heavy atom. The van der Waals surface area contributed by atoms with Crippen molar-refractivity contribution < 1.29 is 19.8 Å². The van der Waals surface area contributed by atoms with Gasteiger partial charge in [0, 0.05) is 5.69 Å². The summed E-state index contributed by atoms with van der Waals surface area (Å²) in [6.07, 6.45) is 6.89. The molecule has 0 spiro atoms. The first-order chi connectivity index (χ1) is 15.7. The van der Waals surface area contributed by atoms with E-state index in [0.717, 1.165) is 32.1 Å². The number of hydrogen-bond donors (Lipinski definition) is 3. The lowest BCUT2D eigenvalue weighted by Gasteiger charge is -2.61. The van der Waals surface area contributed by atoms with E-state index < -0.39 is 17.5 Å². The molecule has 1 aromatic heterocycles. The summed E-state index contributed by atoms with van der Waals surface area (Å²) in [5, 5.41) is 26.1. The Labute approximate surface area is 195 Å². The highest BCUT2D eigenvalue weighted by Gasteiger charge is 2.59. The van der Waals surface area contributed by atoms with Gasteiger partial charge in [-0.3, -0.25) is 14.4 Å². The molecule has 4 aliphatic carbocycles. The number of nitrogens with zero attached hydrogens (tertiary/aromatic N) is 2. The van der Waals surface area contributed by atoms with Crippen molar-refractivity contribution in [3.8, 4) is 0 Å². The van der Waals surface area contributed by atoms with Gasteiger partial charge in [-0.1, -0.05) is 23.7 Å². The first-order valence-electron chi connectivity index (χ1n) is 11.2. The molecule has 6 rings (SSSR count). The average molecular weight is 472 g/mol. The van der Waals surface area contributed by atoms with Gasteiger partial charge in [0.05, 0.1) is 30.3 Å². The minimum Gasteiger partial charge on any atom is -0.481 e. The van der Waals surface area contributed by atoms with Crippen LogP contribution in [0.4, 0.5) is 11.4 Å². The Morgan fingerprint density at radius 2 is 1.76 bits per heavy atom. The molecular weight excluding hydrogens is 446 g/mol. The summed E-state index contributed by atoms with van der Waals surface area (Å²) in [5.74, 6) is -0.846. The minimum absolute atomic E-state index is 0.0441. The molecule has 0 radical (unpaired) electrons. The van der Waals surface area contributed by atoms with Crippen LogP contribution in [0, 0.1) is 17.3 Å². The van der Waals surface area contributed by atoms with Crippen LogP contribution in [-0.2, 0) is 21.5 Å². The van der Waals surface area contributed by atoms with Gasteiger partial charge in [-0.2, -0.15) is 5.10 Å². The van der Waals surface area contributed by atoms with E-state index in [1.807, 2.05) is 0 Å². The van der Waals surface area contributed by atoms with E-state index in [-0.39, 0.29) is 28.8 Å². The van der Waals surface area contributed by atoms with Gasteiger partial charge in [0.1, 0.15) is 5.02 Å². The van der Waals surface area contributed by atoms with Crippen molar-refractivity contribution in [1.82, 2.24) is 9.78 Å². The first-order valence-corrected chi connectivity index (χ1v) is 11.6. The monoisotopic (exact) mass is 471 g/mol. The van der Waals surface area contributed by atoms with E-state index in [0.29, 0.717) is 35.2 Å². The van der Waals surface area contributed by atoms with Crippen LogP contribution >= 0.6 is 11.6 Å². The number of halogens is 1. The van der Waals surface area contributed by atoms with Gasteiger partial charge in [-0.05, 0) is 73.5 Å². The van der Waals surface area contributed by atoms with E-state index in [1.165, 1.54) is 4.68 Å². The molecule has 4 bridgehead atoms. The predicted octanol–water partition coefficient (Wildman–Crippen LogP) is 4.04. The van der Waals surface area contributed by atoms with Crippen molar-refractivity contribution in [2.75, 3.05) is 5.32 Å². The number of rotatable bonds is 7. The summed E-state index contributed by atoms with van der Waals surface area (Å²) in [6, 6.07) is 6.87. The fourth-order valence-electron chi connectivity index (χ4n) is 7.07. The molecule has 0 unspecified atom stereocenters. The molecule has 1 heterocycles. The molecule has 0 saturated heterocycles. The zero-order valence-corrected chi connectivity index (χ0v) is 18.8. The number of benzene rings is 1. The standard InChI is InChI=1S/C24H26ClN3O5/c25-21-18(27-17-3-1-14(2-4-17)6-19(29)30)12-26-28(22(21)33)24-9-15-5-16(10-24)8-23(7-15,13-24)11-20(31)32/h1-4,12,15-16,27H,5-11,13H2,(H,29,30)(H,31,32)/t15-,16-,23?,24?/m0/s1. The highest BCUT2D eigenvalue weighted by atomic mass is 35.5. The number of nitrogens with one attached hydrogen (secondary N) is 1. The lowest BCUT2D eigenvalue weighted by molar-refractivity contribution is -0.151.